The molecule has 0 bridgehead atoms. The van der Waals surface area contributed by atoms with Crippen LogP contribution in [0.25, 0.3) is 0 Å². The highest BCUT2D eigenvalue weighted by atomic mass is 19.1. The Labute approximate surface area is 118 Å². The lowest BCUT2D eigenvalue weighted by molar-refractivity contribution is 0.0763. The fourth-order valence-electron chi connectivity index (χ4n) is 4.23. The second-order valence-electron chi connectivity index (χ2n) is 6.89. The smallest absolute Gasteiger partial charge is 0.0894 e. The molecule has 112 valence electrons. The van der Waals surface area contributed by atoms with Gasteiger partial charge < -0.3 is 5.11 Å². The molecule has 0 atom stereocenters. The maximum absolute atomic E-state index is 12.0. The number of unbranched alkanes of at least 4 members (excludes halogenated alkanes) is 2. The first-order valence-corrected chi connectivity index (χ1v) is 8.53. The van der Waals surface area contributed by atoms with Crippen molar-refractivity contribution in [1.82, 2.24) is 0 Å². The lowest BCUT2D eigenvalue weighted by atomic mass is 9.70. The first-order chi connectivity index (χ1) is 9.29. The molecule has 0 aromatic carbocycles. The van der Waals surface area contributed by atoms with Crippen LogP contribution in [-0.4, -0.2) is 17.9 Å². The molecule has 0 aliphatic heterocycles. The zero-order valence-corrected chi connectivity index (χ0v) is 12.3. The summed E-state index contributed by atoms with van der Waals surface area (Å²) in [5.74, 6) is 2.76. The molecular formula is C17H31FO. The molecule has 1 N–H and O–H groups in total. The number of alkyl halides is 1. The van der Waals surface area contributed by atoms with Gasteiger partial charge in [-0.25, -0.2) is 0 Å². The number of hydrogen-bond donors (Lipinski definition) is 1. The molecule has 1 nitrogen and oxygen atoms in total. The Hall–Kier alpha value is -0.110. The first-order valence-electron chi connectivity index (χ1n) is 8.53. The molecule has 2 heteroatoms. The van der Waals surface area contributed by atoms with Crippen LogP contribution in [-0.2, 0) is 0 Å². The van der Waals surface area contributed by atoms with E-state index in [1.54, 1.807) is 0 Å². The van der Waals surface area contributed by atoms with Crippen LogP contribution in [0.2, 0.25) is 0 Å². The van der Waals surface area contributed by atoms with Crippen LogP contribution in [0, 0.1) is 17.8 Å². The van der Waals surface area contributed by atoms with E-state index in [1.807, 2.05) is 0 Å². The van der Waals surface area contributed by atoms with E-state index in [9.17, 15) is 9.50 Å². The highest BCUT2D eigenvalue weighted by molar-refractivity contribution is 4.81. The van der Waals surface area contributed by atoms with Crippen LogP contribution < -0.4 is 0 Å². The lowest BCUT2D eigenvalue weighted by Crippen LogP contribution is -2.27. The Balaban J connectivity index is 1.59. The molecule has 2 fully saturated rings. The molecule has 0 saturated heterocycles. The van der Waals surface area contributed by atoms with Crippen LogP contribution in [0.4, 0.5) is 4.39 Å². The van der Waals surface area contributed by atoms with Crippen LogP contribution in [0.5, 0.6) is 0 Å². The van der Waals surface area contributed by atoms with Crippen molar-refractivity contribution in [3.63, 3.8) is 0 Å². The zero-order valence-electron chi connectivity index (χ0n) is 12.3. The second kappa shape index (κ2) is 8.24. The zero-order chi connectivity index (χ0) is 13.5. The van der Waals surface area contributed by atoms with E-state index in [1.165, 1.54) is 51.4 Å². The first kappa shape index (κ1) is 15.3. The summed E-state index contributed by atoms with van der Waals surface area (Å²) in [5, 5.41) is 9.58. The third-order valence-corrected chi connectivity index (χ3v) is 5.55. The topological polar surface area (TPSA) is 20.2 Å². The molecule has 2 aliphatic rings. The van der Waals surface area contributed by atoms with E-state index in [0.29, 0.717) is 0 Å². The van der Waals surface area contributed by atoms with Gasteiger partial charge in [0.2, 0.25) is 0 Å². The minimum Gasteiger partial charge on any atom is -0.393 e. The van der Waals surface area contributed by atoms with Gasteiger partial charge in [0.05, 0.1) is 12.8 Å². The molecule has 0 aromatic heterocycles. The quantitative estimate of drug-likeness (QED) is 0.682. The summed E-state index contributed by atoms with van der Waals surface area (Å²) in [5.41, 5.74) is 0. The van der Waals surface area contributed by atoms with Crippen molar-refractivity contribution in [2.75, 3.05) is 6.67 Å². The minimum atomic E-state index is -0.139. The molecule has 0 spiro atoms. The van der Waals surface area contributed by atoms with Gasteiger partial charge in [-0.15, -0.1) is 0 Å². The van der Waals surface area contributed by atoms with Gasteiger partial charge in [0, 0.05) is 0 Å². The number of rotatable bonds is 6. The number of aliphatic hydroxyl groups is 1. The van der Waals surface area contributed by atoms with Gasteiger partial charge in [-0.1, -0.05) is 32.1 Å². The van der Waals surface area contributed by atoms with E-state index in [2.05, 4.69) is 0 Å². The van der Waals surface area contributed by atoms with Crippen molar-refractivity contribution >= 4 is 0 Å². The monoisotopic (exact) mass is 270 g/mol. The molecule has 0 unspecified atom stereocenters. The van der Waals surface area contributed by atoms with E-state index < -0.39 is 0 Å². The largest absolute Gasteiger partial charge is 0.393 e. The third-order valence-electron chi connectivity index (χ3n) is 5.55. The summed E-state index contributed by atoms with van der Waals surface area (Å²) in [6.07, 6.45) is 14.6. The van der Waals surface area contributed by atoms with Gasteiger partial charge in [-0.05, 0) is 62.7 Å². The molecular weight excluding hydrogens is 239 g/mol. The molecule has 2 aliphatic carbocycles. The van der Waals surface area contributed by atoms with Crippen molar-refractivity contribution in [2.45, 2.75) is 83.2 Å². The van der Waals surface area contributed by atoms with E-state index in [4.69, 9.17) is 0 Å². The maximum atomic E-state index is 12.0. The van der Waals surface area contributed by atoms with Crippen molar-refractivity contribution < 1.29 is 9.50 Å². The summed E-state index contributed by atoms with van der Waals surface area (Å²) >= 11 is 0. The summed E-state index contributed by atoms with van der Waals surface area (Å²) < 4.78 is 12.0. The summed E-state index contributed by atoms with van der Waals surface area (Å²) in [6.45, 7) is -0.139. The van der Waals surface area contributed by atoms with Crippen LogP contribution in [0.15, 0.2) is 0 Å². The van der Waals surface area contributed by atoms with E-state index >= 15 is 0 Å². The van der Waals surface area contributed by atoms with Crippen LogP contribution in [0.3, 0.4) is 0 Å². The van der Waals surface area contributed by atoms with Gasteiger partial charge >= 0.3 is 0 Å². The van der Waals surface area contributed by atoms with Crippen molar-refractivity contribution in [3.8, 4) is 0 Å². The summed E-state index contributed by atoms with van der Waals surface area (Å²) in [4.78, 5) is 0. The standard InChI is InChI=1S/C17H31FO/c18-13-3-1-2-4-14-5-7-15(8-6-14)16-9-11-17(19)12-10-16/h14-17,19H,1-13H2. The number of halogens is 1. The minimum absolute atomic E-state index is 0.0110. The Morgan fingerprint density at radius 2 is 1.32 bits per heavy atom. The van der Waals surface area contributed by atoms with Crippen molar-refractivity contribution in [3.05, 3.63) is 0 Å². The Bertz CT molecular complexity index is 227. The van der Waals surface area contributed by atoms with Gasteiger partial charge in [0.1, 0.15) is 0 Å². The molecule has 0 amide bonds. The van der Waals surface area contributed by atoms with Gasteiger partial charge in [-0.2, -0.15) is 0 Å². The lowest BCUT2D eigenvalue weighted by Gasteiger charge is -2.37. The molecule has 19 heavy (non-hydrogen) atoms. The predicted octanol–water partition coefficient (Wildman–Crippen LogP) is 4.87. The van der Waals surface area contributed by atoms with Gasteiger partial charge in [-0.3, -0.25) is 4.39 Å². The van der Waals surface area contributed by atoms with Crippen LogP contribution >= 0.6 is 0 Å². The predicted molar refractivity (Wildman–Crippen MR) is 77.9 cm³/mol. The number of aliphatic hydroxyl groups excluding tert-OH is 1. The fourth-order valence-corrected chi connectivity index (χ4v) is 4.23. The molecule has 2 rings (SSSR count). The highest BCUT2D eigenvalue weighted by Gasteiger charge is 2.30. The number of hydrogen-bond acceptors (Lipinski definition) is 1. The molecule has 0 aromatic rings. The second-order valence-corrected chi connectivity index (χ2v) is 6.89. The van der Waals surface area contributed by atoms with Crippen molar-refractivity contribution in [2.24, 2.45) is 17.8 Å². The van der Waals surface area contributed by atoms with Crippen LogP contribution in [0.1, 0.15) is 77.0 Å². The van der Waals surface area contributed by atoms with Gasteiger partial charge in [0.15, 0.2) is 0 Å². The third kappa shape index (κ3) is 5.06. The average molecular weight is 270 g/mol. The highest BCUT2D eigenvalue weighted by Crippen LogP contribution is 2.41. The SMILES string of the molecule is OC1CCC(C2CCC(CCCCCF)CC2)CC1. The average Bonchev–Trinajstić information content (AvgIpc) is 2.45. The Morgan fingerprint density at radius 3 is 1.89 bits per heavy atom. The Kier molecular flexibility index (Phi) is 6.63. The molecule has 0 radical (unpaired) electrons. The Morgan fingerprint density at radius 1 is 0.737 bits per heavy atom. The summed E-state index contributed by atoms with van der Waals surface area (Å²) in [7, 11) is 0. The van der Waals surface area contributed by atoms with E-state index in [0.717, 1.165) is 43.4 Å². The molecule has 2 saturated carbocycles. The maximum Gasteiger partial charge on any atom is 0.0894 e. The fraction of sp³-hybridized carbons (Fsp3) is 1.00. The normalized spacial score (nSPS) is 36.3. The summed E-state index contributed by atoms with van der Waals surface area (Å²) in [6, 6.07) is 0. The van der Waals surface area contributed by atoms with E-state index in [-0.39, 0.29) is 12.8 Å². The van der Waals surface area contributed by atoms with Gasteiger partial charge in [0.25, 0.3) is 0 Å². The molecule has 0 heterocycles. The van der Waals surface area contributed by atoms with Crippen molar-refractivity contribution in [1.29, 1.82) is 0 Å².